The molecule has 2 nitrogen and oxygen atoms in total. The average molecular weight is 367 g/mol. The standard InChI is InChI=1S/C20H38O2Si2/c1-8-20(11-23(4,5)13-24(6,7)12-20)22-19(21)18-10-16-9-17(18)15(3)14(16)2/h14-18H,8-13H2,1-7H3. The Labute approximate surface area is 151 Å². The van der Waals surface area contributed by atoms with Gasteiger partial charge in [-0.3, -0.25) is 4.79 Å². The molecule has 2 aliphatic carbocycles. The molecule has 4 heteroatoms. The third kappa shape index (κ3) is 3.29. The zero-order chi connectivity index (χ0) is 17.9. The highest BCUT2D eigenvalue weighted by atomic mass is 28.4. The van der Waals surface area contributed by atoms with E-state index in [4.69, 9.17) is 4.74 Å². The molecule has 1 heterocycles. The molecule has 3 rings (SSSR count). The molecular formula is C20H38O2Si2. The summed E-state index contributed by atoms with van der Waals surface area (Å²) in [5, 5.41) is 0. The van der Waals surface area contributed by atoms with Gasteiger partial charge in [-0.1, -0.05) is 52.6 Å². The first kappa shape index (κ1) is 18.7. The fourth-order valence-electron chi connectivity index (χ4n) is 7.12. The van der Waals surface area contributed by atoms with Gasteiger partial charge in [-0.05, 0) is 55.0 Å². The maximum absolute atomic E-state index is 13.2. The van der Waals surface area contributed by atoms with E-state index in [9.17, 15) is 4.79 Å². The van der Waals surface area contributed by atoms with Crippen LogP contribution in [0.25, 0.3) is 0 Å². The smallest absolute Gasteiger partial charge is 0.309 e. The lowest BCUT2D eigenvalue weighted by Gasteiger charge is -2.50. The number of esters is 1. The molecular weight excluding hydrogens is 328 g/mol. The quantitative estimate of drug-likeness (QED) is 0.481. The van der Waals surface area contributed by atoms with Crippen LogP contribution in [0, 0.1) is 29.6 Å². The molecule has 0 aromatic carbocycles. The fraction of sp³-hybridized carbons (Fsp3) is 0.950. The molecule has 138 valence electrons. The number of ether oxygens (including phenoxy) is 1. The van der Waals surface area contributed by atoms with Crippen LogP contribution in [-0.4, -0.2) is 27.7 Å². The Morgan fingerprint density at radius 1 is 1.04 bits per heavy atom. The summed E-state index contributed by atoms with van der Waals surface area (Å²) in [4.78, 5) is 13.2. The SMILES string of the molecule is CCC1(OC(=O)C2CC3CC2C(C)C3C)C[Si](C)(C)C[Si](C)(C)C1. The Bertz CT molecular complexity index is 496. The summed E-state index contributed by atoms with van der Waals surface area (Å²) in [5.74, 6) is 3.21. The Hall–Kier alpha value is -0.0962. The van der Waals surface area contributed by atoms with Gasteiger partial charge in [0.2, 0.25) is 0 Å². The molecule has 3 fully saturated rings. The van der Waals surface area contributed by atoms with Gasteiger partial charge in [0.15, 0.2) is 0 Å². The Balaban J connectivity index is 1.75. The lowest BCUT2D eigenvalue weighted by molar-refractivity contribution is -0.165. The molecule has 0 amide bonds. The highest BCUT2D eigenvalue weighted by molar-refractivity contribution is 6.96. The first-order valence-electron chi connectivity index (χ1n) is 10.2. The van der Waals surface area contributed by atoms with E-state index in [1.807, 2.05) is 0 Å². The van der Waals surface area contributed by atoms with E-state index in [2.05, 4.69) is 47.0 Å². The van der Waals surface area contributed by atoms with Crippen LogP contribution in [-0.2, 0) is 9.53 Å². The summed E-state index contributed by atoms with van der Waals surface area (Å²) in [5.41, 5.74) is 1.36. The normalized spacial score (nSPS) is 42.0. The summed E-state index contributed by atoms with van der Waals surface area (Å²) in [6.07, 6.45) is 3.37. The van der Waals surface area contributed by atoms with Crippen molar-refractivity contribution >= 4 is 22.1 Å². The van der Waals surface area contributed by atoms with E-state index in [0.717, 1.165) is 24.7 Å². The minimum atomic E-state index is -1.25. The molecule has 0 radical (unpaired) electrons. The highest BCUT2D eigenvalue weighted by Crippen LogP contribution is 2.56. The maximum atomic E-state index is 13.2. The number of carbonyl (C=O) groups excluding carboxylic acids is 1. The Morgan fingerprint density at radius 2 is 1.62 bits per heavy atom. The molecule has 1 saturated heterocycles. The second-order valence-corrected chi connectivity index (χ2v) is 21.8. The second kappa shape index (κ2) is 5.97. The van der Waals surface area contributed by atoms with Crippen LogP contribution < -0.4 is 0 Å². The lowest BCUT2D eigenvalue weighted by Crippen LogP contribution is -2.57. The van der Waals surface area contributed by atoms with Crippen LogP contribution in [0.15, 0.2) is 0 Å². The number of hydrogen-bond acceptors (Lipinski definition) is 2. The van der Waals surface area contributed by atoms with Crippen molar-refractivity contribution in [2.45, 2.75) is 89.6 Å². The monoisotopic (exact) mass is 366 g/mol. The van der Waals surface area contributed by atoms with E-state index in [-0.39, 0.29) is 17.5 Å². The van der Waals surface area contributed by atoms with E-state index in [0.29, 0.717) is 11.8 Å². The van der Waals surface area contributed by atoms with Gasteiger partial charge >= 0.3 is 5.97 Å². The van der Waals surface area contributed by atoms with Crippen molar-refractivity contribution in [3.63, 3.8) is 0 Å². The highest BCUT2D eigenvalue weighted by Gasteiger charge is 2.55. The first-order chi connectivity index (χ1) is 11.0. The molecule has 2 saturated carbocycles. The van der Waals surface area contributed by atoms with Crippen LogP contribution in [0.5, 0.6) is 0 Å². The summed E-state index contributed by atoms with van der Waals surface area (Å²) >= 11 is 0. The van der Waals surface area contributed by atoms with Crippen molar-refractivity contribution in [1.82, 2.24) is 0 Å². The van der Waals surface area contributed by atoms with Gasteiger partial charge in [0.05, 0.1) is 5.92 Å². The molecule has 0 N–H and O–H groups in total. The van der Waals surface area contributed by atoms with Gasteiger partial charge in [-0.25, -0.2) is 0 Å². The molecule has 0 spiro atoms. The zero-order valence-corrected chi connectivity index (χ0v) is 18.9. The van der Waals surface area contributed by atoms with E-state index < -0.39 is 16.1 Å². The molecule has 5 atom stereocenters. The van der Waals surface area contributed by atoms with Crippen LogP contribution in [0.4, 0.5) is 0 Å². The van der Waals surface area contributed by atoms with E-state index in [1.165, 1.54) is 24.2 Å². The van der Waals surface area contributed by atoms with Crippen LogP contribution >= 0.6 is 0 Å². The van der Waals surface area contributed by atoms with Gasteiger partial charge in [0, 0.05) is 16.1 Å². The van der Waals surface area contributed by atoms with Gasteiger partial charge in [0.1, 0.15) is 5.60 Å². The molecule has 0 aromatic heterocycles. The van der Waals surface area contributed by atoms with Crippen LogP contribution in [0.3, 0.4) is 0 Å². The third-order valence-electron chi connectivity index (χ3n) is 7.72. The molecule has 0 aromatic rings. The Kier molecular flexibility index (Phi) is 4.65. The molecule has 5 unspecified atom stereocenters. The van der Waals surface area contributed by atoms with Crippen molar-refractivity contribution in [3.8, 4) is 0 Å². The topological polar surface area (TPSA) is 26.3 Å². The van der Waals surface area contributed by atoms with Crippen LogP contribution in [0.2, 0.25) is 43.9 Å². The first-order valence-corrected chi connectivity index (χ1v) is 17.0. The van der Waals surface area contributed by atoms with Crippen molar-refractivity contribution in [2.75, 3.05) is 0 Å². The molecule has 24 heavy (non-hydrogen) atoms. The number of carbonyl (C=O) groups is 1. The fourth-order valence-corrected chi connectivity index (χ4v) is 23.1. The van der Waals surface area contributed by atoms with Crippen molar-refractivity contribution in [3.05, 3.63) is 0 Å². The largest absolute Gasteiger partial charge is 0.459 e. The summed E-state index contributed by atoms with van der Waals surface area (Å²) in [7, 11) is -2.49. The Morgan fingerprint density at radius 3 is 2.08 bits per heavy atom. The van der Waals surface area contributed by atoms with Crippen LogP contribution in [0.1, 0.15) is 40.0 Å². The van der Waals surface area contributed by atoms with E-state index in [1.54, 1.807) is 0 Å². The lowest BCUT2D eigenvalue weighted by atomic mass is 9.76. The number of fused-ring (bicyclic) bond motifs is 2. The van der Waals surface area contributed by atoms with E-state index >= 15 is 0 Å². The van der Waals surface area contributed by atoms with Gasteiger partial charge in [-0.15, -0.1) is 0 Å². The summed E-state index contributed by atoms with van der Waals surface area (Å²) in [6.45, 7) is 17.0. The minimum absolute atomic E-state index is 0.128. The predicted molar refractivity (Wildman–Crippen MR) is 107 cm³/mol. The van der Waals surface area contributed by atoms with Crippen molar-refractivity contribution in [1.29, 1.82) is 0 Å². The van der Waals surface area contributed by atoms with Crippen molar-refractivity contribution in [2.24, 2.45) is 29.6 Å². The van der Waals surface area contributed by atoms with Gasteiger partial charge in [-0.2, -0.15) is 0 Å². The van der Waals surface area contributed by atoms with Gasteiger partial charge < -0.3 is 4.74 Å². The molecule has 2 bridgehead atoms. The summed E-state index contributed by atoms with van der Waals surface area (Å²) in [6, 6.07) is 2.37. The molecule has 3 aliphatic rings. The maximum Gasteiger partial charge on any atom is 0.309 e. The van der Waals surface area contributed by atoms with Gasteiger partial charge in [0.25, 0.3) is 0 Å². The number of hydrogen-bond donors (Lipinski definition) is 0. The summed E-state index contributed by atoms with van der Waals surface area (Å²) < 4.78 is 6.45. The predicted octanol–water partition coefficient (Wildman–Crippen LogP) is 5.58. The third-order valence-corrected chi connectivity index (χ3v) is 18.6. The molecule has 1 aliphatic heterocycles. The zero-order valence-electron chi connectivity index (χ0n) is 16.9. The average Bonchev–Trinajstić information content (AvgIpc) is 2.96. The number of rotatable bonds is 3. The van der Waals surface area contributed by atoms with Crippen molar-refractivity contribution < 1.29 is 9.53 Å². The minimum Gasteiger partial charge on any atom is -0.459 e. The second-order valence-electron chi connectivity index (χ2n) is 11.0.